The maximum absolute atomic E-state index is 14.6. The van der Waals surface area contributed by atoms with Crippen LogP contribution in [0.1, 0.15) is 22.3 Å². The number of benzene rings is 4. The normalized spacial score (nSPS) is 11.6. The second kappa shape index (κ2) is 10.0. The molecule has 0 saturated heterocycles. The Balaban J connectivity index is 1.47. The van der Waals surface area contributed by atoms with Crippen molar-refractivity contribution >= 4 is 0 Å². The Morgan fingerprint density at radius 2 is 1.39 bits per heavy atom. The van der Waals surface area contributed by atoms with E-state index >= 15 is 0 Å². The first-order chi connectivity index (χ1) is 17.0. The molecule has 0 aromatic heterocycles. The Morgan fingerprint density at radius 1 is 0.667 bits per heavy atom. The topological polar surface area (TPSA) is 9.23 Å². The van der Waals surface area contributed by atoms with E-state index in [-0.39, 0.29) is 29.5 Å². The van der Waals surface area contributed by atoms with Crippen molar-refractivity contribution in [2.45, 2.75) is 25.9 Å². The smallest absolute Gasteiger partial charge is 0.426 e. The summed E-state index contributed by atoms with van der Waals surface area (Å²) in [7, 11) is 0. The summed E-state index contributed by atoms with van der Waals surface area (Å²) in [5.41, 5.74) is 0.754. The predicted molar refractivity (Wildman–Crippen MR) is 121 cm³/mol. The van der Waals surface area contributed by atoms with Gasteiger partial charge in [0.25, 0.3) is 0 Å². The van der Waals surface area contributed by atoms with Crippen LogP contribution in [0, 0.1) is 36.0 Å². The average Bonchev–Trinajstić information content (AvgIpc) is 2.84. The van der Waals surface area contributed by atoms with Crippen molar-refractivity contribution in [3.05, 3.63) is 124 Å². The van der Waals surface area contributed by atoms with E-state index < -0.39 is 46.5 Å². The fourth-order valence-electron chi connectivity index (χ4n) is 3.68. The van der Waals surface area contributed by atoms with E-state index in [0.717, 1.165) is 48.0 Å². The lowest BCUT2D eigenvalue weighted by atomic mass is 9.99. The van der Waals surface area contributed by atoms with E-state index in [4.69, 9.17) is 0 Å². The van der Waals surface area contributed by atoms with Gasteiger partial charge in [0, 0.05) is 5.56 Å². The molecule has 0 bridgehead atoms. The molecule has 0 aliphatic carbocycles. The molecular formula is C28H19F7O. The minimum Gasteiger partial charge on any atom is -0.426 e. The number of hydrogen-bond acceptors (Lipinski definition) is 1. The molecule has 0 aliphatic rings. The Bertz CT molecular complexity index is 1400. The van der Waals surface area contributed by atoms with Crippen LogP contribution in [-0.2, 0) is 19.0 Å². The summed E-state index contributed by atoms with van der Waals surface area (Å²) < 4.78 is 104. The van der Waals surface area contributed by atoms with Gasteiger partial charge in [-0.15, -0.1) is 0 Å². The van der Waals surface area contributed by atoms with Crippen LogP contribution in [0.4, 0.5) is 30.7 Å². The van der Waals surface area contributed by atoms with Crippen LogP contribution in [0.2, 0.25) is 0 Å². The third-order valence-electron chi connectivity index (χ3n) is 5.70. The second-order valence-electron chi connectivity index (χ2n) is 8.28. The molecule has 0 saturated carbocycles. The summed E-state index contributed by atoms with van der Waals surface area (Å²) >= 11 is 0. The predicted octanol–water partition coefficient (Wildman–Crippen LogP) is 8.27. The van der Waals surface area contributed by atoms with Gasteiger partial charge in [0.15, 0.2) is 23.2 Å². The van der Waals surface area contributed by atoms with Crippen molar-refractivity contribution in [1.29, 1.82) is 0 Å². The monoisotopic (exact) mass is 504 g/mol. The maximum atomic E-state index is 14.6. The third-order valence-corrected chi connectivity index (χ3v) is 5.70. The highest BCUT2D eigenvalue weighted by atomic mass is 19.3. The Kier molecular flexibility index (Phi) is 7.06. The SMILES string of the molecule is Cc1ccc(C(F)(F)Oc2ccc(CCc3ccc(-c4ccc(F)c(F)c4)c(F)c3)c(F)c2F)cc1. The average molecular weight is 504 g/mol. The summed E-state index contributed by atoms with van der Waals surface area (Å²) in [6.45, 7) is 1.71. The number of alkyl halides is 2. The lowest BCUT2D eigenvalue weighted by Gasteiger charge is -2.19. The van der Waals surface area contributed by atoms with Crippen LogP contribution in [0.15, 0.2) is 72.8 Å². The molecule has 0 atom stereocenters. The summed E-state index contributed by atoms with van der Waals surface area (Å²) in [5, 5.41) is 0. The largest absolute Gasteiger partial charge is 0.426 e. The third kappa shape index (κ3) is 5.37. The standard InChI is InChI=1S/C28H19F7O/c1-16-2-9-20(10-3-16)28(34,35)36-25-13-8-18(26(32)27(25)33)6-4-17-5-11-21(23(30)14-17)19-7-12-22(29)24(31)15-19/h2-3,5,7-15H,4,6H2,1H3. The zero-order valence-electron chi connectivity index (χ0n) is 18.9. The van der Waals surface area contributed by atoms with Crippen molar-refractivity contribution in [1.82, 2.24) is 0 Å². The van der Waals surface area contributed by atoms with Gasteiger partial charge < -0.3 is 4.74 Å². The molecule has 0 aliphatic heterocycles. The van der Waals surface area contributed by atoms with Gasteiger partial charge >= 0.3 is 6.11 Å². The number of aryl methyl sites for hydroxylation is 3. The lowest BCUT2D eigenvalue weighted by Crippen LogP contribution is -2.22. The molecule has 0 radical (unpaired) electrons. The molecule has 4 rings (SSSR count). The zero-order valence-corrected chi connectivity index (χ0v) is 18.9. The van der Waals surface area contributed by atoms with Gasteiger partial charge in [-0.25, -0.2) is 17.6 Å². The molecular weight excluding hydrogens is 485 g/mol. The quantitative estimate of drug-likeness (QED) is 0.230. The van der Waals surface area contributed by atoms with Crippen LogP contribution in [0.3, 0.4) is 0 Å². The Hall–Kier alpha value is -3.81. The summed E-state index contributed by atoms with van der Waals surface area (Å²) in [5.74, 6) is -6.71. The van der Waals surface area contributed by atoms with E-state index in [2.05, 4.69) is 4.74 Å². The summed E-state index contributed by atoms with van der Waals surface area (Å²) in [4.78, 5) is 0. The van der Waals surface area contributed by atoms with Crippen LogP contribution in [-0.4, -0.2) is 0 Å². The first kappa shape index (κ1) is 25.3. The number of halogens is 7. The minimum atomic E-state index is -3.88. The maximum Gasteiger partial charge on any atom is 0.426 e. The van der Waals surface area contributed by atoms with Crippen molar-refractivity contribution in [2.24, 2.45) is 0 Å². The fourth-order valence-corrected chi connectivity index (χ4v) is 3.68. The van der Waals surface area contributed by atoms with Gasteiger partial charge in [-0.1, -0.05) is 42.0 Å². The van der Waals surface area contributed by atoms with Crippen molar-refractivity contribution in [2.75, 3.05) is 0 Å². The van der Waals surface area contributed by atoms with Crippen molar-refractivity contribution in [3.8, 4) is 16.9 Å². The molecule has 186 valence electrons. The highest BCUT2D eigenvalue weighted by molar-refractivity contribution is 5.64. The minimum absolute atomic E-state index is 0.0471. The molecule has 1 nitrogen and oxygen atoms in total. The molecule has 0 N–H and O–H groups in total. The molecule has 0 spiro atoms. The number of ether oxygens (including phenoxy) is 1. The van der Waals surface area contributed by atoms with E-state index in [9.17, 15) is 30.7 Å². The molecule has 0 fully saturated rings. The van der Waals surface area contributed by atoms with Crippen LogP contribution in [0.5, 0.6) is 5.75 Å². The van der Waals surface area contributed by atoms with Crippen LogP contribution < -0.4 is 4.74 Å². The van der Waals surface area contributed by atoms with E-state index in [0.29, 0.717) is 5.56 Å². The highest BCUT2D eigenvalue weighted by Crippen LogP contribution is 2.34. The molecule has 36 heavy (non-hydrogen) atoms. The Labute approximate surface area is 202 Å². The van der Waals surface area contributed by atoms with Crippen molar-refractivity contribution < 1.29 is 35.5 Å². The van der Waals surface area contributed by atoms with Crippen molar-refractivity contribution in [3.63, 3.8) is 0 Å². The molecule has 0 amide bonds. The van der Waals surface area contributed by atoms with Gasteiger partial charge in [-0.05, 0) is 72.9 Å². The van der Waals surface area contributed by atoms with Gasteiger partial charge in [0.2, 0.25) is 5.82 Å². The molecule has 4 aromatic rings. The highest BCUT2D eigenvalue weighted by Gasteiger charge is 2.36. The van der Waals surface area contributed by atoms with Crippen LogP contribution >= 0.6 is 0 Å². The van der Waals surface area contributed by atoms with Gasteiger partial charge in [-0.2, -0.15) is 13.2 Å². The number of hydrogen-bond donors (Lipinski definition) is 0. The lowest BCUT2D eigenvalue weighted by molar-refractivity contribution is -0.187. The van der Waals surface area contributed by atoms with Gasteiger partial charge in [0.1, 0.15) is 5.82 Å². The van der Waals surface area contributed by atoms with E-state index in [1.807, 2.05) is 0 Å². The van der Waals surface area contributed by atoms with E-state index in [1.165, 1.54) is 30.3 Å². The molecule has 8 heteroatoms. The number of rotatable bonds is 7. The van der Waals surface area contributed by atoms with Gasteiger partial charge in [0.05, 0.1) is 5.56 Å². The summed E-state index contributed by atoms with van der Waals surface area (Å²) in [6, 6.07) is 14.3. The van der Waals surface area contributed by atoms with Gasteiger partial charge in [-0.3, -0.25) is 0 Å². The fraction of sp³-hybridized carbons (Fsp3) is 0.143. The summed E-state index contributed by atoms with van der Waals surface area (Å²) in [6.07, 6.45) is -3.83. The van der Waals surface area contributed by atoms with E-state index in [1.54, 1.807) is 6.92 Å². The first-order valence-corrected chi connectivity index (χ1v) is 10.9. The molecule has 0 unspecified atom stereocenters. The van der Waals surface area contributed by atoms with Crippen LogP contribution in [0.25, 0.3) is 11.1 Å². The molecule has 0 heterocycles. The Morgan fingerprint density at radius 3 is 2.06 bits per heavy atom. The first-order valence-electron chi connectivity index (χ1n) is 10.9. The second-order valence-corrected chi connectivity index (χ2v) is 8.28. The molecule has 4 aromatic carbocycles. The zero-order chi connectivity index (χ0) is 26.0.